The van der Waals surface area contributed by atoms with Crippen LogP contribution in [0.1, 0.15) is 26.2 Å². The number of carbonyl (C=O) groups is 5. The van der Waals surface area contributed by atoms with Gasteiger partial charge in [-0.3, -0.25) is 9.59 Å². The Morgan fingerprint density at radius 3 is 1.62 bits per heavy atom. The molecule has 0 aliphatic heterocycles. The van der Waals surface area contributed by atoms with Crippen molar-refractivity contribution in [2.24, 2.45) is 0 Å². The summed E-state index contributed by atoms with van der Waals surface area (Å²) in [6, 6.07) is -3.25. The van der Waals surface area contributed by atoms with E-state index in [1.807, 2.05) is 10.6 Å². The van der Waals surface area contributed by atoms with E-state index in [9.17, 15) is 39.3 Å². The van der Waals surface area contributed by atoms with Crippen LogP contribution >= 0.6 is 0 Å². The van der Waals surface area contributed by atoms with E-state index in [2.05, 4.69) is 0 Å². The normalized spacial score (nSPS) is 11.2. The van der Waals surface area contributed by atoms with Crippen molar-refractivity contribution in [3.05, 3.63) is 0 Å². The van der Waals surface area contributed by atoms with Crippen molar-refractivity contribution in [2.45, 2.75) is 38.3 Å². The van der Waals surface area contributed by atoms with E-state index >= 15 is 0 Å². The third-order valence-electron chi connectivity index (χ3n) is 2.31. The molecule has 2 N–H and O–H groups in total. The third-order valence-corrected chi connectivity index (χ3v) is 2.31. The summed E-state index contributed by atoms with van der Waals surface area (Å²) in [5, 5.41) is 35.5. The van der Waals surface area contributed by atoms with Gasteiger partial charge in [0.25, 0.3) is 0 Å². The molecule has 0 rings (SSSR count). The molecule has 0 fully saturated rings. The Bertz CT molecular complexity index is 461. The fourth-order valence-electron chi connectivity index (χ4n) is 1.39. The molecule has 0 spiro atoms. The topological polar surface area (TPSA) is 179 Å². The predicted molar refractivity (Wildman–Crippen MR) is 58.4 cm³/mol. The van der Waals surface area contributed by atoms with Crippen LogP contribution in [0.25, 0.3) is 0 Å². The van der Waals surface area contributed by atoms with Gasteiger partial charge in [0.2, 0.25) is 11.8 Å². The number of hydrogen-bond acceptors (Lipinski definition) is 8. The SMILES string of the molecule is CC(=O)N[C@@H](CC(=O)N[C@@H](CCC(=O)[O-])C(=O)[O-])C(=O)[O-].[Na+].[Na+].[Na+]. The Balaban J connectivity index is -0.000000667. The number of aliphatic carboxylic acids is 3. The Labute approximate surface area is 204 Å². The number of carbonyl (C=O) groups excluding carboxylic acids is 5. The molecule has 0 aliphatic carbocycles. The maximum Gasteiger partial charge on any atom is 1.00 e. The van der Waals surface area contributed by atoms with E-state index in [-0.39, 0.29) is 88.7 Å². The van der Waals surface area contributed by atoms with Gasteiger partial charge < -0.3 is 40.3 Å². The van der Waals surface area contributed by atoms with Crippen molar-refractivity contribution in [3.63, 3.8) is 0 Å². The van der Waals surface area contributed by atoms with Gasteiger partial charge in [0, 0.05) is 12.9 Å². The van der Waals surface area contributed by atoms with Gasteiger partial charge in [-0.2, -0.15) is 0 Å². The van der Waals surface area contributed by atoms with Gasteiger partial charge in [-0.1, -0.05) is 0 Å². The summed E-state index contributed by atoms with van der Waals surface area (Å²) in [5.41, 5.74) is 0. The second-order valence-corrected chi connectivity index (χ2v) is 4.13. The largest absolute Gasteiger partial charge is 1.00 e. The zero-order valence-corrected chi connectivity index (χ0v) is 20.0. The van der Waals surface area contributed by atoms with Gasteiger partial charge in [0.15, 0.2) is 0 Å². The molecule has 0 saturated heterocycles. The zero-order valence-electron chi connectivity index (χ0n) is 14.0. The van der Waals surface area contributed by atoms with Gasteiger partial charge >= 0.3 is 88.7 Å². The van der Waals surface area contributed by atoms with Crippen LogP contribution in [0.3, 0.4) is 0 Å². The molecule has 24 heavy (non-hydrogen) atoms. The summed E-state index contributed by atoms with van der Waals surface area (Å²) in [7, 11) is 0. The quantitative estimate of drug-likeness (QED) is 0.375. The molecule has 0 aromatic carbocycles. The molecule has 0 aromatic rings. The average molecular weight is 370 g/mol. The van der Waals surface area contributed by atoms with Crippen LogP contribution < -0.4 is 115 Å². The Morgan fingerprint density at radius 1 is 0.833 bits per heavy atom. The summed E-state index contributed by atoms with van der Waals surface area (Å²) in [6.45, 7) is 1.03. The van der Waals surface area contributed by atoms with Crippen molar-refractivity contribution in [3.8, 4) is 0 Å². The predicted octanol–water partition coefficient (Wildman–Crippen LogP) is -14.6. The van der Waals surface area contributed by atoms with Crippen molar-refractivity contribution in [2.75, 3.05) is 0 Å². The van der Waals surface area contributed by atoms with Crippen LogP contribution in [0.4, 0.5) is 0 Å². The van der Waals surface area contributed by atoms with Crippen LogP contribution in [0, 0.1) is 0 Å². The molecular weight excluding hydrogens is 357 g/mol. The number of hydrogen-bond donors (Lipinski definition) is 2. The van der Waals surface area contributed by atoms with Crippen LogP contribution in [0.5, 0.6) is 0 Å². The molecule has 2 atom stereocenters. The molecule has 0 aromatic heterocycles. The van der Waals surface area contributed by atoms with Crippen molar-refractivity contribution >= 4 is 29.7 Å². The van der Waals surface area contributed by atoms with Gasteiger partial charge in [-0.25, -0.2) is 0 Å². The molecule has 0 aliphatic rings. The van der Waals surface area contributed by atoms with Crippen LogP contribution in [0.15, 0.2) is 0 Å². The Kier molecular flexibility index (Phi) is 22.4. The van der Waals surface area contributed by atoms with Gasteiger partial charge in [-0.05, 0) is 12.8 Å². The van der Waals surface area contributed by atoms with E-state index in [1.165, 1.54) is 0 Å². The van der Waals surface area contributed by atoms with E-state index in [0.717, 1.165) is 6.92 Å². The number of carboxylic acids is 3. The monoisotopic (exact) mass is 370 g/mol. The number of carboxylic acid groups (broad SMARTS) is 3. The number of nitrogens with one attached hydrogen (secondary N) is 2. The number of amides is 2. The molecule has 118 valence electrons. The first-order chi connectivity index (χ1) is 9.63. The molecular formula is C11H13N2Na3O8. The Morgan fingerprint density at radius 2 is 1.29 bits per heavy atom. The van der Waals surface area contributed by atoms with E-state index in [0.29, 0.717) is 0 Å². The smallest absolute Gasteiger partial charge is 0.550 e. The van der Waals surface area contributed by atoms with E-state index in [4.69, 9.17) is 0 Å². The summed E-state index contributed by atoms with van der Waals surface area (Å²) in [5.74, 6) is -6.70. The molecule has 10 nitrogen and oxygen atoms in total. The molecule has 13 heteroatoms. The fourth-order valence-corrected chi connectivity index (χ4v) is 1.39. The first kappa shape index (κ1) is 32.1. The first-order valence-electron chi connectivity index (χ1n) is 5.81. The van der Waals surface area contributed by atoms with Gasteiger partial charge in [0.1, 0.15) is 0 Å². The molecule has 0 heterocycles. The molecule has 0 bridgehead atoms. The van der Waals surface area contributed by atoms with Gasteiger partial charge in [0.05, 0.1) is 30.4 Å². The Hall–Kier alpha value is 0.350. The first-order valence-corrected chi connectivity index (χ1v) is 5.81. The zero-order chi connectivity index (χ0) is 16.6. The second-order valence-electron chi connectivity index (χ2n) is 4.13. The molecule has 0 saturated carbocycles. The van der Waals surface area contributed by atoms with E-state index < -0.39 is 61.1 Å². The maximum absolute atomic E-state index is 11.5. The van der Waals surface area contributed by atoms with Crippen LogP contribution in [-0.2, 0) is 24.0 Å². The van der Waals surface area contributed by atoms with Crippen LogP contribution in [-0.4, -0.2) is 41.8 Å². The minimum atomic E-state index is -1.73. The van der Waals surface area contributed by atoms with Crippen molar-refractivity contribution in [1.29, 1.82) is 0 Å². The van der Waals surface area contributed by atoms with Crippen molar-refractivity contribution < 1.29 is 128 Å². The van der Waals surface area contributed by atoms with Gasteiger partial charge in [-0.15, -0.1) is 0 Å². The fraction of sp³-hybridized carbons (Fsp3) is 0.545. The minimum absolute atomic E-state index is 0. The van der Waals surface area contributed by atoms with E-state index in [1.54, 1.807) is 0 Å². The summed E-state index contributed by atoms with van der Waals surface area (Å²) >= 11 is 0. The minimum Gasteiger partial charge on any atom is -0.550 e. The van der Waals surface area contributed by atoms with Crippen LogP contribution in [0.2, 0.25) is 0 Å². The standard InChI is InChI=1S/C11H16N2O8.3Na/c1-5(14)12-7(11(20)21)4-8(15)13-6(10(18)19)2-3-9(16)17;;;/h6-7H,2-4H2,1H3,(H,12,14)(H,13,15)(H,16,17)(H,18,19)(H,20,21);;;/q;3*+1/p-3/t6-,7-;;;/m0.../s1. The number of rotatable bonds is 9. The summed E-state index contributed by atoms with van der Waals surface area (Å²) in [6.07, 6.45) is -1.88. The molecule has 0 unspecified atom stereocenters. The maximum atomic E-state index is 11.5. The second kappa shape index (κ2) is 16.8. The van der Waals surface area contributed by atoms with Crippen molar-refractivity contribution in [1.82, 2.24) is 10.6 Å². The summed E-state index contributed by atoms with van der Waals surface area (Å²) in [4.78, 5) is 53.9. The average Bonchev–Trinajstić information content (AvgIpc) is 2.32. The molecule has 0 radical (unpaired) electrons. The summed E-state index contributed by atoms with van der Waals surface area (Å²) < 4.78 is 0. The third kappa shape index (κ3) is 15.9. The molecule has 2 amide bonds.